The van der Waals surface area contributed by atoms with Gasteiger partial charge in [0.25, 0.3) is 0 Å². The summed E-state index contributed by atoms with van der Waals surface area (Å²) in [7, 11) is 4.83. The molecule has 0 atom stereocenters. The number of aromatic carboxylic acids is 2. The fraction of sp³-hybridized carbons (Fsp3) is 0.192. The summed E-state index contributed by atoms with van der Waals surface area (Å²) >= 11 is 0. The van der Waals surface area contributed by atoms with E-state index in [1.165, 1.54) is 11.1 Å². The number of benzene rings is 5. The Balaban J connectivity index is 0.000000197. The van der Waals surface area contributed by atoms with E-state index in [0.717, 1.165) is 46.7 Å². The number of hydrogen-bond acceptors (Lipinski definition) is 11. The third kappa shape index (κ3) is 11.8. The highest BCUT2D eigenvalue weighted by Gasteiger charge is 2.25. The van der Waals surface area contributed by atoms with Crippen molar-refractivity contribution in [1.29, 1.82) is 0 Å². The molecule has 8 rings (SSSR count). The van der Waals surface area contributed by atoms with Gasteiger partial charge in [0.1, 0.15) is 12.7 Å². The van der Waals surface area contributed by atoms with E-state index in [4.69, 9.17) is 23.7 Å². The molecule has 13 heteroatoms. The molecular formula is C52H50N4O9. The SMILES string of the molecule is COCCOc1cc(N(Cc2cccnc2)c2cccc(C(=O)O)c2)ccc1OC.COc1ccc(N(Cc2cccnc2)c2cccc(C(=O)O)c2)cc1OC1Cc2ccccc2C1. The smallest absolute Gasteiger partial charge is 0.335 e. The van der Waals surface area contributed by atoms with Crippen molar-refractivity contribution in [2.45, 2.75) is 32.0 Å². The Morgan fingerprint density at radius 3 is 1.51 bits per heavy atom. The molecule has 1 aliphatic carbocycles. The summed E-state index contributed by atoms with van der Waals surface area (Å²) in [5.74, 6) is 0.566. The van der Waals surface area contributed by atoms with Crippen molar-refractivity contribution < 1.29 is 43.5 Å². The van der Waals surface area contributed by atoms with Gasteiger partial charge in [0, 0.05) is 92.7 Å². The van der Waals surface area contributed by atoms with E-state index in [9.17, 15) is 19.8 Å². The van der Waals surface area contributed by atoms with Crippen LogP contribution in [0.15, 0.2) is 158 Å². The van der Waals surface area contributed by atoms with Gasteiger partial charge in [-0.25, -0.2) is 9.59 Å². The number of carboxylic acids is 2. The number of hydrogen-bond donors (Lipinski definition) is 2. The van der Waals surface area contributed by atoms with E-state index in [1.807, 2.05) is 83.9 Å². The summed E-state index contributed by atoms with van der Waals surface area (Å²) in [6.07, 6.45) is 8.77. The average molecular weight is 875 g/mol. The number of methoxy groups -OCH3 is 3. The lowest BCUT2D eigenvalue weighted by atomic mass is 10.1. The largest absolute Gasteiger partial charge is 0.493 e. The van der Waals surface area contributed by atoms with Crippen LogP contribution in [-0.4, -0.2) is 72.8 Å². The minimum atomic E-state index is -0.975. The number of fused-ring (bicyclic) bond motifs is 1. The zero-order valence-electron chi connectivity index (χ0n) is 36.4. The van der Waals surface area contributed by atoms with Gasteiger partial charge < -0.3 is 43.7 Å². The number of aromatic nitrogens is 2. The van der Waals surface area contributed by atoms with Crippen molar-refractivity contribution in [2.75, 3.05) is 44.3 Å². The lowest BCUT2D eigenvalue weighted by molar-refractivity contribution is 0.0686. The van der Waals surface area contributed by atoms with Gasteiger partial charge in [-0.2, -0.15) is 0 Å². The van der Waals surface area contributed by atoms with Crippen molar-refractivity contribution in [3.05, 3.63) is 192 Å². The predicted octanol–water partition coefficient (Wildman–Crippen LogP) is 9.82. The molecule has 0 amide bonds. The van der Waals surface area contributed by atoms with Gasteiger partial charge in [-0.05, 0) is 95.1 Å². The first-order chi connectivity index (χ1) is 31.7. The molecule has 0 saturated heterocycles. The second-order valence-electron chi connectivity index (χ2n) is 15.0. The Hall–Kier alpha value is -7.90. The van der Waals surface area contributed by atoms with Crippen molar-refractivity contribution in [3.8, 4) is 23.0 Å². The van der Waals surface area contributed by atoms with Crippen molar-refractivity contribution in [1.82, 2.24) is 9.97 Å². The highest BCUT2D eigenvalue weighted by Crippen LogP contribution is 2.39. The van der Waals surface area contributed by atoms with Crippen LogP contribution in [0.1, 0.15) is 43.0 Å². The molecule has 0 bridgehead atoms. The number of carbonyl (C=O) groups is 2. The molecule has 0 saturated carbocycles. The highest BCUT2D eigenvalue weighted by molar-refractivity contribution is 5.90. The molecule has 0 aliphatic heterocycles. The van der Waals surface area contributed by atoms with Gasteiger partial charge in [-0.15, -0.1) is 0 Å². The van der Waals surface area contributed by atoms with Crippen molar-refractivity contribution in [3.63, 3.8) is 0 Å². The molecule has 65 heavy (non-hydrogen) atoms. The van der Waals surface area contributed by atoms with Gasteiger partial charge >= 0.3 is 11.9 Å². The lowest BCUT2D eigenvalue weighted by Gasteiger charge is -2.27. The number of carboxylic acid groups (broad SMARTS) is 2. The number of nitrogens with zero attached hydrogens (tertiary/aromatic N) is 4. The van der Waals surface area contributed by atoms with Gasteiger partial charge in [0.05, 0.1) is 32.0 Å². The van der Waals surface area contributed by atoms with Crippen LogP contribution in [0.5, 0.6) is 23.0 Å². The second kappa shape index (κ2) is 21.9. The van der Waals surface area contributed by atoms with Gasteiger partial charge in [-0.3, -0.25) is 9.97 Å². The molecule has 2 heterocycles. The summed E-state index contributed by atoms with van der Waals surface area (Å²) in [6, 6.07) is 41.3. The zero-order chi connectivity index (χ0) is 45.5. The molecule has 0 unspecified atom stereocenters. The van der Waals surface area contributed by atoms with Crippen molar-refractivity contribution >= 4 is 34.7 Å². The minimum absolute atomic E-state index is 0.0265. The molecule has 0 fully saturated rings. The topological polar surface area (TPSA) is 153 Å². The van der Waals surface area contributed by atoms with E-state index in [1.54, 1.807) is 76.3 Å². The molecule has 2 N–H and O–H groups in total. The van der Waals surface area contributed by atoms with E-state index < -0.39 is 11.9 Å². The summed E-state index contributed by atoms with van der Waals surface area (Å²) in [4.78, 5) is 35.6. The van der Waals surface area contributed by atoms with Crippen LogP contribution >= 0.6 is 0 Å². The number of rotatable bonds is 18. The third-order valence-corrected chi connectivity index (χ3v) is 10.7. The van der Waals surface area contributed by atoms with Crippen molar-refractivity contribution in [2.24, 2.45) is 0 Å². The Kier molecular flexibility index (Phi) is 15.2. The number of pyridine rings is 2. The normalized spacial score (nSPS) is 11.7. The van der Waals surface area contributed by atoms with Crippen LogP contribution in [0.3, 0.4) is 0 Å². The monoisotopic (exact) mass is 874 g/mol. The quantitative estimate of drug-likeness (QED) is 0.0788. The zero-order valence-corrected chi connectivity index (χ0v) is 36.4. The second-order valence-corrected chi connectivity index (χ2v) is 15.0. The lowest BCUT2D eigenvalue weighted by Crippen LogP contribution is -2.19. The van der Waals surface area contributed by atoms with E-state index in [0.29, 0.717) is 49.3 Å². The van der Waals surface area contributed by atoms with Crippen LogP contribution in [0.2, 0.25) is 0 Å². The first kappa shape index (κ1) is 45.1. The molecular weight excluding hydrogens is 825 g/mol. The molecule has 1 aliphatic rings. The summed E-state index contributed by atoms with van der Waals surface area (Å²) in [6.45, 7) is 1.85. The Morgan fingerprint density at radius 1 is 0.554 bits per heavy atom. The predicted molar refractivity (Wildman–Crippen MR) is 249 cm³/mol. The van der Waals surface area contributed by atoms with Gasteiger partial charge in [-0.1, -0.05) is 48.5 Å². The summed E-state index contributed by atoms with van der Waals surface area (Å²) < 4.78 is 28.4. The standard InChI is InChI=1S/C29H26N2O4.C23H24N2O5/c1-34-27-12-11-25(17-28(27)35-26-15-21-7-2-3-8-22(21)16-26)31(19-20-6-5-13-30-18-20)24-10-4-9-23(14-24)29(32)33;1-28-11-12-30-22-14-20(8-9-21(22)29-2)25(16-17-5-4-10-24-15-17)19-7-3-6-18(13-19)23(26)27/h2-14,17-18,26H,15-16,19H2,1H3,(H,32,33);3-10,13-15H,11-12,16H2,1-2H3,(H,26,27). The van der Waals surface area contributed by atoms with Crippen LogP contribution in [0, 0.1) is 0 Å². The van der Waals surface area contributed by atoms with E-state index >= 15 is 0 Å². The van der Waals surface area contributed by atoms with Crippen LogP contribution in [0.4, 0.5) is 22.7 Å². The fourth-order valence-corrected chi connectivity index (χ4v) is 7.51. The van der Waals surface area contributed by atoms with Crippen LogP contribution in [-0.2, 0) is 30.7 Å². The van der Waals surface area contributed by atoms with E-state index in [-0.39, 0.29) is 17.2 Å². The first-order valence-corrected chi connectivity index (χ1v) is 20.9. The maximum absolute atomic E-state index is 11.6. The molecule has 5 aromatic carbocycles. The molecule has 0 radical (unpaired) electrons. The fourth-order valence-electron chi connectivity index (χ4n) is 7.51. The summed E-state index contributed by atoms with van der Waals surface area (Å²) in [5, 5.41) is 18.9. The summed E-state index contributed by atoms with van der Waals surface area (Å²) in [5.41, 5.74) is 8.25. The minimum Gasteiger partial charge on any atom is -0.493 e. The van der Waals surface area contributed by atoms with Gasteiger partial charge in [0.15, 0.2) is 23.0 Å². The van der Waals surface area contributed by atoms with Gasteiger partial charge in [0.2, 0.25) is 0 Å². The number of anilines is 4. The molecule has 2 aromatic heterocycles. The number of ether oxygens (including phenoxy) is 5. The molecule has 332 valence electrons. The average Bonchev–Trinajstić information content (AvgIpc) is 3.76. The molecule has 13 nitrogen and oxygen atoms in total. The molecule has 0 spiro atoms. The van der Waals surface area contributed by atoms with E-state index in [2.05, 4.69) is 39.1 Å². The highest BCUT2D eigenvalue weighted by atomic mass is 16.5. The maximum Gasteiger partial charge on any atom is 0.335 e. The Bertz CT molecular complexity index is 2660. The third-order valence-electron chi connectivity index (χ3n) is 10.7. The maximum atomic E-state index is 11.6. The Labute approximate surface area is 378 Å². The van der Waals surface area contributed by atoms with Crippen LogP contribution < -0.4 is 28.7 Å². The van der Waals surface area contributed by atoms with Crippen LogP contribution in [0.25, 0.3) is 0 Å². The first-order valence-electron chi connectivity index (χ1n) is 20.9. The Morgan fingerprint density at radius 2 is 1.05 bits per heavy atom. The molecule has 7 aromatic rings.